The van der Waals surface area contributed by atoms with Crippen molar-refractivity contribution in [2.24, 2.45) is 0 Å². The van der Waals surface area contributed by atoms with E-state index in [-0.39, 0.29) is 5.82 Å². The van der Waals surface area contributed by atoms with Crippen molar-refractivity contribution in [1.29, 1.82) is 0 Å². The van der Waals surface area contributed by atoms with Crippen LogP contribution >= 0.6 is 0 Å². The van der Waals surface area contributed by atoms with Gasteiger partial charge in [-0.1, -0.05) is 25.0 Å². The van der Waals surface area contributed by atoms with Gasteiger partial charge >= 0.3 is 0 Å². The van der Waals surface area contributed by atoms with Crippen LogP contribution in [0.5, 0.6) is 0 Å². The highest BCUT2D eigenvalue weighted by Crippen LogP contribution is 2.21. The molecule has 1 N–H and O–H groups in total. The van der Waals surface area contributed by atoms with Gasteiger partial charge in [-0.2, -0.15) is 0 Å². The summed E-state index contributed by atoms with van der Waals surface area (Å²) in [4.78, 5) is 4.29. The topological polar surface area (TPSA) is 24.9 Å². The van der Waals surface area contributed by atoms with Crippen molar-refractivity contribution in [3.63, 3.8) is 0 Å². The van der Waals surface area contributed by atoms with E-state index < -0.39 is 0 Å². The standard InChI is InChI=1S/C17H19FN2/c18-16-7-5-14(6-8-16)15-9-13(10-19-12-15)11-20-17-3-1-2-4-17/h5-10,12,17,20H,1-4,11H2. The van der Waals surface area contributed by atoms with E-state index in [4.69, 9.17) is 0 Å². The van der Waals surface area contributed by atoms with E-state index >= 15 is 0 Å². The Labute approximate surface area is 119 Å². The van der Waals surface area contributed by atoms with Gasteiger partial charge in [0.2, 0.25) is 0 Å². The minimum absolute atomic E-state index is 0.208. The third-order valence-electron chi connectivity index (χ3n) is 3.92. The molecule has 1 aliphatic rings. The van der Waals surface area contributed by atoms with Crippen molar-refractivity contribution in [2.75, 3.05) is 0 Å². The highest BCUT2D eigenvalue weighted by atomic mass is 19.1. The first kappa shape index (κ1) is 13.3. The smallest absolute Gasteiger partial charge is 0.123 e. The molecule has 2 nitrogen and oxygen atoms in total. The van der Waals surface area contributed by atoms with Crippen molar-refractivity contribution in [1.82, 2.24) is 10.3 Å². The molecule has 1 aromatic heterocycles. The maximum absolute atomic E-state index is 12.9. The maximum Gasteiger partial charge on any atom is 0.123 e. The minimum atomic E-state index is -0.208. The molecule has 0 radical (unpaired) electrons. The molecule has 20 heavy (non-hydrogen) atoms. The molecule has 0 saturated heterocycles. The molecule has 1 saturated carbocycles. The van der Waals surface area contributed by atoms with Gasteiger partial charge in [-0.3, -0.25) is 4.98 Å². The number of halogens is 1. The Morgan fingerprint density at radius 1 is 1.05 bits per heavy atom. The fourth-order valence-corrected chi connectivity index (χ4v) is 2.78. The van der Waals surface area contributed by atoms with Crippen molar-refractivity contribution in [3.8, 4) is 11.1 Å². The molecule has 1 aromatic carbocycles. The Bertz CT molecular complexity index is 559. The predicted molar refractivity (Wildman–Crippen MR) is 78.7 cm³/mol. The number of nitrogens with one attached hydrogen (secondary N) is 1. The Hall–Kier alpha value is -1.74. The van der Waals surface area contributed by atoms with Crippen LogP contribution in [-0.2, 0) is 6.54 Å². The van der Waals surface area contributed by atoms with Gasteiger partial charge in [0, 0.05) is 30.5 Å². The monoisotopic (exact) mass is 270 g/mol. The summed E-state index contributed by atoms with van der Waals surface area (Å²) in [5.41, 5.74) is 3.22. The van der Waals surface area contributed by atoms with Gasteiger partial charge in [-0.05, 0) is 42.2 Å². The molecule has 0 unspecified atom stereocenters. The minimum Gasteiger partial charge on any atom is -0.310 e. The van der Waals surface area contributed by atoms with E-state index in [9.17, 15) is 4.39 Å². The second-order valence-corrected chi connectivity index (χ2v) is 5.45. The fourth-order valence-electron chi connectivity index (χ4n) is 2.78. The summed E-state index contributed by atoms with van der Waals surface area (Å²) >= 11 is 0. The summed E-state index contributed by atoms with van der Waals surface area (Å²) in [6.45, 7) is 0.854. The molecule has 104 valence electrons. The maximum atomic E-state index is 12.9. The van der Waals surface area contributed by atoms with Gasteiger partial charge in [0.05, 0.1) is 0 Å². The molecule has 2 aromatic rings. The molecule has 0 amide bonds. The van der Waals surface area contributed by atoms with Crippen molar-refractivity contribution in [3.05, 3.63) is 54.1 Å². The van der Waals surface area contributed by atoms with E-state index in [0.717, 1.165) is 17.7 Å². The highest BCUT2D eigenvalue weighted by Gasteiger charge is 2.13. The van der Waals surface area contributed by atoms with E-state index in [2.05, 4.69) is 16.4 Å². The Balaban J connectivity index is 1.70. The predicted octanol–water partition coefficient (Wildman–Crippen LogP) is 3.92. The lowest BCUT2D eigenvalue weighted by molar-refractivity contribution is 0.524. The van der Waals surface area contributed by atoms with Gasteiger partial charge in [-0.15, -0.1) is 0 Å². The molecule has 0 spiro atoms. The van der Waals surface area contributed by atoms with E-state index in [0.29, 0.717) is 6.04 Å². The number of rotatable bonds is 4. The number of aromatic nitrogens is 1. The highest BCUT2D eigenvalue weighted by molar-refractivity contribution is 5.62. The van der Waals surface area contributed by atoms with Crippen molar-refractivity contribution in [2.45, 2.75) is 38.3 Å². The first-order valence-corrected chi connectivity index (χ1v) is 7.24. The van der Waals surface area contributed by atoms with Crippen LogP contribution in [0.2, 0.25) is 0 Å². The van der Waals surface area contributed by atoms with Crippen LogP contribution in [0.3, 0.4) is 0 Å². The zero-order valence-electron chi connectivity index (χ0n) is 11.5. The normalized spacial score (nSPS) is 15.7. The number of nitrogens with zero attached hydrogens (tertiary/aromatic N) is 1. The largest absolute Gasteiger partial charge is 0.310 e. The fraction of sp³-hybridized carbons (Fsp3) is 0.353. The Morgan fingerprint density at radius 2 is 1.80 bits per heavy atom. The van der Waals surface area contributed by atoms with Gasteiger partial charge in [0.15, 0.2) is 0 Å². The van der Waals surface area contributed by atoms with Crippen LogP contribution < -0.4 is 5.32 Å². The number of benzene rings is 1. The zero-order chi connectivity index (χ0) is 13.8. The van der Waals surface area contributed by atoms with Crippen LogP contribution in [0.15, 0.2) is 42.7 Å². The van der Waals surface area contributed by atoms with Crippen LogP contribution in [0, 0.1) is 5.82 Å². The van der Waals surface area contributed by atoms with Gasteiger partial charge in [0.1, 0.15) is 5.82 Å². The van der Waals surface area contributed by atoms with Crippen LogP contribution in [0.4, 0.5) is 4.39 Å². The average Bonchev–Trinajstić information content (AvgIpc) is 3.00. The summed E-state index contributed by atoms with van der Waals surface area (Å²) in [5, 5.41) is 3.59. The Morgan fingerprint density at radius 3 is 2.55 bits per heavy atom. The summed E-state index contributed by atoms with van der Waals surface area (Å²) in [6.07, 6.45) is 8.97. The number of hydrogen-bond acceptors (Lipinski definition) is 2. The lowest BCUT2D eigenvalue weighted by Crippen LogP contribution is -2.25. The molecular weight excluding hydrogens is 251 g/mol. The second kappa shape index (κ2) is 6.14. The second-order valence-electron chi connectivity index (χ2n) is 5.45. The molecule has 1 aliphatic carbocycles. The zero-order valence-corrected chi connectivity index (χ0v) is 11.5. The molecule has 0 atom stereocenters. The molecule has 1 fully saturated rings. The number of pyridine rings is 1. The summed E-state index contributed by atoms with van der Waals surface area (Å²) in [5.74, 6) is -0.208. The lowest BCUT2D eigenvalue weighted by atomic mass is 10.1. The van der Waals surface area contributed by atoms with E-state index in [1.165, 1.54) is 43.4 Å². The van der Waals surface area contributed by atoms with Crippen molar-refractivity contribution < 1.29 is 4.39 Å². The molecular formula is C17H19FN2. The summed E-state index contributed by atoms with van der Waals surface area (Å²) in [6, 6.07) is 9.34. The van der Waals surface area contributed by atoms with Gasteiger partial charge < -0.3 is 5.32 Å². The van der Waals surface area contributed by atoms with Gasteiger partial charge in [-0.25, -0.2) is 4.39 Å². The third kappa shape index (κ3) is 3.23. The van der Waals surface area contributed by atoms with Gasteiger partial charge in [0.25, 0.3) is 0 Å². The molecule has 1 heterocycles. The van der Waals surface area contributed by atoms with Crippen LogP contribution in [0.25, 0.3) is 11.1 Å². The first-order valence-electron chi connectivity index (χ1n) is 7.24. The Kier molecular flexibility index (Phi) is 4.07. The number of hydrogen-bond donors (Lipinski definition) is 1. The summed E-state index contributed by atoms with van der Waals surface area (Å²) in [7, 11) is 0. The lowest BCUT2D eigenvalue weighted by Gasteiger charge is -2.12. The first-order chi connectivity index (χ1) is 9.81. The van der Waals surface area contributed by atoms with Crippen LogP contribution in [-0.4, -0.2) is 11.0 Å². The molecule has 3 heteroatoms. The molecule has 0 aliphatic heterocycles. The van der Waals surface area contributed by atoms with Crippen LogP contribution in [0.1, 0.15) is 31.2 Å². The average molecular weight is 270 g/mol. The molecule has 0 bridgehead atoms. The van der Waals surface area contributed by atoms with Crippen molar-refractivity contribution >= 4 is 0 Å². The van der Waals surface area contributed by atoms with E-state index in [1.54, 1.807) is 12.1 Å². The summed E-state index contributed by atoms with van der Waals surface area (Å²) < 4.78 is 12.9. The third-order valence-corrected chi connectivity index (χ3v) is 3.92. The SMILES string of the molecule is Fc1ccc(-c2cncc(CNC3CCCC3)c2)cc1. The molecule has 3 rings (SSSR count). The quantitative estimate of drug-likeness (QED) is 0.910. The van der Waals surface area contributed by atoms with E-state index in [1.807, 2.05) is 12.4 Å².